The fraction of sp³-hybridized carbons (Fsp3) is 0.500. The number of hydrogen-bond acceptors (Lipinski definition) is 4. The highest BCUT2D eigenvalue weighted by molar-refractivity contribution is 5.72. The average molecular weight is 194 g/mol. The molecule has 0 fully saturated rings. The predicted octanol–water partition coefficient (Wildman–Crippen LogP) is 1.36. The minimum atomic E-state index is -0.440. The molecule has 0 aromatic carbocycles. The molecule has 76 valence electrons. The smallest absolute Gasteiger partial charge is 0.312 e. The SMILES string of the molecule is CC(C)(C)OC(=O)Cc1ccncn1. The van der Waals surface area contributed by atoms with E-state index in [9.17, 15) is 4.79 Å². The Kier molecular flexibility index (Phi) is 3.17. The van der Waals surface area contributed by atoms with Crippen LogP contribution in [0.3, 0.4) is 0 Å². The Morgan fingerprint density at radius 3 is 2.71 bits per heavy atom. The van der Waals surface area contributed by atoms with Crippen molar-refractivity contribution in [3.8, 4) is 0 Å². The first kappa shape index (κ1) is 10.6. The fourth-order valence-electron chi connectivity index (χ4n) is 0.948. The van der Waals surface area contributed by atoms with Crippen molar-refractivity contribution in [2.24, 2.45) is 0 Å². The first-order valence-electron chi connectivity index (χ1n) is 4.44. The third-order valence-electron chi connectivity index (χ3n) is 1.39. The van der Waals surface area contributed by atoms with Gasteiger partial charge < -0.3 is 4.74 Å². The molecular weight excluding hydrogens is 180 g/mol. The summed E-state index contributed by atoms with van der Waals surface area (Å²) in [6.07, 6.45) is 3.21. The number of hydrogen-bond donors (Lipinski definition) is 0. The Morgan fingerprint density at radius 1 is 1.50 bits per heavy atom. The molecule has 0 bridgehead atoms. The number of nitrogens with zero attached hydrogens (tertiary/aromatic N) is 2. The van der Waals surface area contributed by atoms with E-state index < -0.39 is 5.60 Å². The van der Waals surface area contributed by atoms with Gasteiger partial charge >= 0.3 is 5.97 Å². The minimum absolute atomic E-state index is 0.194. The fourth-order valence-corrected chi connectivity index (χ4v) is 0.948. The van der Waals surface area contributed by atoms with Crippen LogP contribution in [-0.2, 0) is 16.0 Å². The number of carbonyl (C=O) groups excluding carboxylic acids is 1. The van der Waals surface area contributed by atoms with Gasteiger partial charge in [-0.3, -0.25) is 4.79 Å². The van der Waals surface area contributed by atoms with Gasteiger partial charge in [-0.2, -0.15) is 0 Å². The zero-order valence-corrected chi connectivity index (χ0v) is 8.65. The summed E-state index contributed by atoms with van der Waals surface area (Å²) in [6.45, 7) is 5.51. The van der Waals surface area contributed by atoms with E-state index in [-0.39, 0.29) is 12.4 Å². The highest BCUT2D eigenvalue weighted by atomic mass is 16.6. The molecule has 0 aliphatic heterocycles. The lowest BCUT2D eigenvalue weighted by Gasteiger charge is -2.19. The van der Waals surface area contributed by atoms with Crippen molar-refractivity contribution in [3.63, 3.8) is 0 Å². The van der Waals surface area contributed by atoms with Gasteiger partial charge in [-0.15, -0.1) is 0 Å². The van der Waals surface area contributed by atoms with E-state index in [0.29, 0.717) is 5.69 Å². The van der Waals surface area contributed by atoms with Gasteiger partial charge in [0.05, 0.1) is 12.1 Å². The predicted molar refractivity (Wildman–Crippen MR) is 51.6 cm³/mol. The number of ether oxygens (including phenoxy) is 1. The first-order chi connectivity index (χ1) is 6.47. The molecule has 0 saturated heterocycles. The van der Waals surface area contributed by atoms with Gasteiger partial charge in [0, 0.05) is 6.20 Å². The molecule has 1 aromatic rings. The Morgan fingerprint density at radius 2 is 2.21 bits per heavy atom. The van der Waals surface area contributed by atoms with Crippen molar-refractivity contribution in [2.45, 2.75) is 32.8 Å². The normalized spacial score (nSPS) is 11.1. The van der Waals surface area contributed by atoms with Crippen molar-refractivity contribution >= 4 is 5.97 Å². The summed E-state index contributed by atoms with van der Waals surface area (Å²) in [5, 5.41) is 0. The van der Waals surface area contributed by atoms with Crippen molar-refractivity contribution in [3.05, 3.63) is 24.3 Å². The Balaban J connectivity index is 2.50. The van der Waals surface area contributed by atoms with Crippen LogP contribution in [0.15, 0.2) is 18.6 Å². The Labute approximate surface area is 83.3 Å². The second-order valence-electron chi connectivity index (χ2n) is 3.96. The lowest BCUT2D eigenvalue weighted by atomic mass is 10.2. The van der Waals surface area contributed by atoms with Gasteiger partial charge in [-0.25, -0.2) is 9.97 Å². The number of carbonyl (C=O) groups is 1. The lowest BCUT2D eigenvalue weighted by molar-refractivity contribution is -0.153. The number of aromatic nitrogens is 2. The molecule has 0 spiro atoms. The Bertz CT molecular complexity index is 304. The first-order valence-corrected chi connectivity index (χ1v) is 4.44. The second kappa shape index (κ2) is 4.17. The van der Waals surface area contributed by atoms with Gasteiger partial charge in [0.25, 0.3) is 0 Å². The van der Waals surface area contributed by atoms with Crippen LogP contribution in [0.5, 0.6) is 0 Å². The molecule has 0 N–H and O–H groups in total. The maximum absolute atomic E-state index is 11.3. The molecule has 0 aliphatic carbocycles. The molecular formula is C10H14N2O2. The maximum Gasteiger partial charge on any atom is 0.312 e. The molecule has 1 aromatic heterocycles. The van der Waals surface area contributed by atoms with E-state index in [1.807, 2.05) is 20.8 Å². The number of rotatable bonds is 2. The summed E-state index contributed by atoms with van der Waals surface area (Å²) in [4.78, 5) is 19.0. The largest absolute Gasteiger partial charge is 0.460 e. The van der Waals surface area contributed by atoms with Crippen LogP contribution in [0, 0.1) is 0 Å². The number of esters is 1. The highest BCUT2D eigenvalue weighted by Crippen LogP contribution is 2.08. The molecule has 1 rings (SSSR count). The van der Waals surface area contributed by atoms with Gasteiger partial charge in [0.1, 0.15) is 11.9 Å². The molecule has 0 aliphatic rings. The van der Waals surface area contributed by atoms with Crippen LogP contribution in [-0.4, -0.2) is 21.5 Å². The van der Waals surface area contributed by atoms with Crippen molar-refractivity contribution in [1.82, 2.24) is 9.97 Å². The molecule has 0 saturated carbocycles. The van der Waals surface area contributed by atoms with Crippen LogP contribution >= 0.6 is 0 Å². The van der Waals surface area contributed by atoms with Crippen molar-refractivity contribution in [2.75, 3.05) is 0 Å². The highest BCUT2D eigenvalue weighted by Gasteiger charge is 2.16. The third kappa shape index (κ3) is 3.98. The Hall–Kier alpha value is -1.45. The molecule has 0 atom stereocenters. The topological polar surface area (TPSA) is 52.1 Å². The summed E-state index contributed by atoms with van der Waals surface area (Å²) in [5.74, 6) is -0.267. The van der Waals surface area contributed by atoms with Crippen LogP contribution < -0.4 is 0 Å². The van der Waals surface area contributed by atoms with Gasteiger partial charge in [-0.05, 0) is 26.8 Å². The zero-order chi connectivity index (χ0) is 10.6. The van der Waals surface area contributed by atoms with Crippen LogP contribution in [0.2, 0.25) is 0 Å². The van der Waals surface area contributed by atoms with E-state index in [1.54, 1.807) is 12.3 Å². The molecule has 4 heteroatoms. The molecule has 14 heavy (non-hydrogen) atoms. The molecule has 0 amide bonds. The zero-order valence-electron chi connectivity index (χ0n) is 8.65. The van der Waals surface area contributed by atoms with Crippen LogP contribution in [0.25, 0.3) is 0 Å². The summed E-state index contributed by atoms with van der Waals surface area (Å²) in [6, 6.07) is 1.70. The van der Waals surface area contributed by atoms with Crippen molar-refractivity contribution in [1.29, 1.82) is 0 Å². The summed E-state index contributed by atoms with van der Waals surface area (Å²) in [7, 11) is 0. The molecule has 0 radical (unpaired) electrons. The standard InChI is InChI=1S/C10H14N2O2/c1-10(2,3)14-9(13)6-8-4-5-11-7-12-8/h4-5,7H,6H2,1-3H3. The quantitative estimate of drug-likeness (QED) is 0.667. The van der Waals surface area contributed by atoms with E-state index in [1.165, 1.54) is 6.33 Å². The van der Waals surface area contributed by atoms with E-state index in [0.717, 1.165) is 0 Å². The molecule has 1 heterocycles. The van der Waals surface area contributed by atoms with E-state index in [2.05, 4.69) is 9.97 Å². The maximum atomic E-state index is 11.3. The van der Waals surface area contributed by atoms with Crippen LogP contribution in [0.4, 0.5) is 0 Å². The average Bonchev–Trinajstić information content (AvgIpc) is 2.02. The van der Waals surface area contributed by atoms with Crippen LogP contribution in [0.1, 0.15) is 26.5 Å². The molecule has 0 unspecified atom stereocenters. The minimum Gasteiger partial charge on any atom is -0.460 e. The van der Waals surface area contributed by atoms with E-state index in [4.69, 9.17) is 4.74 Å². The summed E-state index contributed by atoms with van der Waals surface area (Å²) < 4.78 is 5.14. The van der Waals surface area contributed by atoms with Gasteiger partial charge in [-0.1, -0.05) is 0 Å². The summed E-state index contributed by atoms with van der Waals surface area (Å²) >= 11 is 0. The summed E-state index contributed by atoms with van der Waals surface area (Å²) in [5.41, 5.74) is 0.235. The van der Waals surface area contributed by atoms with Gasteiger partial charge in [0.15, 0.2) is 0 Å². The van der Waals surface area contributed by atoms with Gasteiger partial charge in [0.2, 0.25) is 0 Å². The lowest BCUT2D eigenvalue weighted by Crippen LogP contribution is -2.25. The third-order valence-corrected chi connectivity index (χ3v) is 1.39. The molecule has 4 nitrogen and oxygen atoms in total. The van der Waals surface area contributed by atoms with E-state index >= 15 is 0 Å². The second-order valence-corrected chi connectivity index (χ2v) is 3.96. The van der Waals surface area contributed by atoms with Crippen molar-refractivity contribution < 1.29 is 9.53 Å². The monoisotopic (exact) mass is 194 g/mol.